The Kier molecular flexibility index (Phi) is 5.51. The molecule has 5 nitrogen and oxygen atoms in total. The molecule has 0 aliphatic carbocycles. The molecule has 1 heterocycles. The molecule has 2 aromatic rings. The number of amides is 1. The number of nitrogens with zero attached hydrogens (tertiary/aromatic N) is 2. The molecule has 0 saturated carbocycles. The smallest absolute Gasteiger partial charge is 0.264 e. The van der Waals surface area contributed by atoms with Gasteiger partial charge in [-0.1, -0.05) is 49.1 Å². The second-order valence-electron chi connectivity index (χ2n) is 4.31. The van der Waals surface area contributed by atoms with Crippen LogP contribution in [0.1, 0.15) is 13.8 Å². The molecule has 0 spiro atoms. The highest BCUT2D eigenvalue weighted by Crippen LogP contribution is 2.28. The van der Waals surface area contributed by atoms with Gasteiger partial charge in [0, 0.05) is 5.25 Å². The van der Waals surface area contributed by atoms with Gasteiger partial charge in [0.2, 0.25) is 5.13 Å². The normalized spacial score (nSPS) is 10.7. The summed E-state index contributed by atoms with van der Waals surface area (Å²) in [6.07, 6.45) is 0. The fourth-order valence-corrected chi connectivity index (χ4v) is 3.36. The summed E-state index contributed by atoms with van der Waals surface area (Å²) < 4.78 is 19.2. The summed E-state index contributed by atoms with van der Waals surface area (Å²) in [6.45, 7) is 3.81. The van der Waals surface area contributed by atoms with E-state index in [9.17, 15) is 9.18 Å². The second kappa shape index (κ2) is 7.37. The van der Waals surface area contributed by atoms with Gasteiger partial charge in [-0.05, 0) is 12.1 Å². The Balaban J connectivity index is 1.84. The number of ether oxygens (including phenoxy) is 1. The highest BCUT2D eigenvalue weighted by atomic mass is 32.2. The fraction of sp³-hybridized carbons (Fsp3) is 0.308. The van der Waals surface area contributed by atoms with Gasteiger partial charge in [0.1, 0.15) is 0 Å². The zero-order chi connectivity index (χ0) is 15.2. The number of rotatable bonds is 6. The van der Waals surface area contributed by atoms with Crippen LogP contribution in [0.25, 0.3) is 0 Å². The van der Waals surface area contributed by atoms with E-state index in [0.717, 1.165) is 4.34 Å². The van der Waals surface area contributed by atoms with E-state index in [1.807, 2.05) is 13.8 Å². The number of anilines is 1. The van der Waals surface area contributed by atoms with Gasteiger partial charge in [-0.2, -0.15) is 0 Å². The van der Waals surface area contributed by atoms with Crippen molar-refractivity contribution in [3.05, 3.63) is 30.1 Å². The summed E-state index contributed by atoms with van der Waals surface area (Å²) in [5.41, 5.74) is 0. The number of carbonyl (C=O) groups is 1. The van der Waals surface area contributed by atoms with Gasteiger partial charge in [-0.3, -0.25) is 10.1 Å². The molecule has 1 amide bonds. The average Bonchev–Trinajstić information content (AvgIpc) is 2.84. The van der Waals surface area contributed by atoms with Gasteiger partial charge < -0.3 is 4.74 Å². The lowest BCUT2D eigenvalue weighted by Crippen LogP contribution is -2.20. The van der Waals surface area contributed by atoms with Gasteiger partial charge in [0.15, 0.2) is 22.5 Å². The first-order chi connectivity index (χ1) is 10.0. The lowest BCUT2D eigenvalue weighted by Gasteiger charge is -2.05. The minimum absolute atomic E-state index is 0.0426. The summed E-state index contributed by atoms with van der Waals surface area (Å²) in [5, 5.41) is 11.2. The molecule has 0 atom stereocenters. The molecule has 0 radical (unpaired) electrons. The van der Waals surface area contributed by atoms with Crippen LogP contribution in [-0.2, 0) is 4.79 Å². The first-order valence-electron chi connectivity index (χ1n) is 6.22. The largest absolute Gasteiger partial charge is 0.481 e. The molecule has 2 rings (SSSR count). The Morgan fingerprint density at radius 2 is 2.19 bits per heavy atom. The topological polar surface area (TPSA) is 64.1 Å². The zero-order valence-electron chi connectivity index (χ0n) is 11.5. The Hall–Kier alpha value is -1.67. The summed E-state index contributed by atoms with van der Waals surface area (Å²) in [7, 11) is 0. The van der Waals surface area contributed by atoms with Crippen LogP contribution in [0.3, 0.4) is 0 Å². The number of para-hydroxylation sites is 1. The van der Waals surface area contributed by atoms with Crippen molar-refractivity contribution in [1.82, 2.24) is 10.2 Å². The van der Waals surface area contributed by atoms with Crippen LogP contribution in [0.2, 0.25) is 0 Å². The molecule has 8 heteroatoms. The van der Waals surface area contributed by atoms with Crippen molar-refractivity contribution in [2.45, 2.75) is 23.4 Å². The number of carbonyl (C=O) groups excluding carboxylic acids is 1. The van der Waals surface area contributed by atoms with Crippen LogP contribution in [0.4, 0.5) is 9.52 Å². The molecule has 0 saturated heterocycles. The van der Waals surface area contributed by atoms with E-state index in [0.29, 0.717) is 10.4 Å². The summed E-state index contributed by atoms with van der Waals surface area (Å²) >= 11 is 2.86. The maximum Gasteiger partial charge on any atom is 0.264 e. The first kappa shape index (κ1) is 15.7. The van der Waals surface area contributed by atoms with Crippen LogP contribution >= 0.6 is 23.1 Å². The fourth-order valence-electron chi connectivity index (χ4n) is 1.37. The highest BCUT2D eigenvalue weighted by Gasteiger charge is 2.11. The summed E-state index contributed by atoms with van der Waals surface area (Å²) in [4.78, 5) is 11.7. The molecule has 0 fully saturated rings. The van der Waals surface area contributed by atoms with Crippen molar-refractivity contribution in [1.29, 1.82) is 0 Å². The molecule has 1 aromatic carbocycles. The first-order valence-corrected chi connectivity index (χ1v) is 7.91. The van der Waals surface area contributed by atoms with Gasteiger partial charge >= 0.3 is 0 Å². The number of hydrogen-bond acceptors (Lipinski definition) is 6. The Morgan fingerprint density at radius 3 is 2.90 bits per heavy atom. The van der Waals surface area contributed by atoms with E-state index in [4.69, 9.17) is 4.74 Å². The Labute approximate surface area is 129 Å². The predicted molar refractivity (Wildman–Crippen MR) is 81.4 cm³/mol. The van der Waals surface area contributed by atoms with E-state index in [1.54, 1.807) is 23.9 Å². The summed E-state index contributed by atoms with van der Waals surface area (Å²) in [5.74, 6) is -0.867. The molecule has 21 heavy (non-hydrogen) atoms. The lowest BCUT2D eigenvalue weighted by molar-refractivity contribution is -0.118. The second-order valence-corrected chi connectivity index (χ2v) is 7.11. The minimum atomic E-state index is -0.503. The number of aromatic nitrogens is 2. The maximum absolute atomic E-state index is 13.3. The van der Waals surface area contributed by atoms with E-state index in [2.05, 4.69) is 15.5 Å². The Bertz CT molecular complexity index is 619. The standard InChI is InChI=1S/C13H14FN3O2S2/c1-8(2)20-13-17-16-12(21-13)15-11(18)7-19-10-6-4-3-5-9(10)14/h3-6,8H,7H2,1-2H3,(H,15,16,18). The molecule has 0 unspecified atom stereocenters. The van der Waals surface area contributed by atoms with Crippen LogP contribution in [0.15, 0.2) is 28.6 Å². The SMILES string of the molecule is CC(C)Sc1nnc(NC(=O)COc2ccccc2F)s1. The third-order valence-corrected chi connectivity index (χ3v) is 4.11. The number of nitrogens with one attached hydrogen (secondary N) is 1. The molecule has 1 aromatic heterocycles. The molecule has 112 valence electrons. The molecular weight excluding hydrogens is 313 g/mol. The number of benzene rings is 1. The maximum atomic E-state index is 13.3. The highest BCUT2D eigenvalue weighted by molar-refractivity contribution is 8.01. The van der Waals surface area contributed by atoms with Crippen molar-refractivity contribution in [3.8, 4) is 5.75 Å². The third kappa shape index (κ3) is 4.98. The summed E-state index contributed by atoms with van der Waals surface area (Å²) in [6, 6.07) is 5.92. The average molecular weight is 327 g/mol. The van der Waals surface area contributed by atoms with Crippen molar-refractivity contribution in [3.63, 3.8) is 0 Å². The van der Waals surface area contributed by atoms with Crippen LogP contribution in [0, 0.1) is 5.82 Å². The number of hydrogen-bond donors (Lipinski definition) is 1. The van der Waals surface area contributed by atoms with Crippen molar-refractivity contribution < 1.29 is 13.9 Å². The van der Waals surface area contributed by atoms with Crippen molar-refractivity contribution >= 4 is 34.1 Å². The molecule has 0 aliphatic heterocycles. The van der Waals surface area contributed by atoms with E-state index >= 15 is 0 Å². The van der Waals surface area contributed by atoms with Gasteiger partial charge in [-0.15, -0.1) is 10.2 Å². The van der Waals surface area contributed by atoms with Crippen LogP contribution in [0.5, 0.6) is 5.75 Å². The molecule has 0 aliphatic rings. The minimum Gasteiger partial charge on any atom is -0.481 e. The van der Waals surface area contributed by atoms with Gasteiger partial charge in [0.25, 0.3) is 5.91 Å². The van der Waals surface area contributed by atoms with Crippen molar-refractivity contribution in [2.75, 3.05) is 11.9 Å². The quantitative estimate of drug-likeness (QED) is 0.652. The Morgan fingerprint density at radius 1 is 1.43 bits per heavy atom. The predicted octanol–water partition coefficient (Wildman–Crippen LogP) is 3.20. The molecule has 1 N–H and O–H groups in total. The third-order valence-electron chi connectivity index (χ3n) is 2.18. The lowest BCUT2D eigenvalue weighted by atomic mass is 10.3. The van der Waals surface area contributed by atoms with E-state index in [-0.39, 0.29) is 12.4 Å². The van der Waals surface area contributed by atoms with Crippen molar-refractivity contribution in [2.24, 2.45) is 0 Å². The zero-order valence-corrected chi connectivity index (χ0v) is 13.1. The van der Waals surface area contributed by atoms with E-state index in [1.165, 1.54) is 23.5 Å². The van der Waals surface area contributed by atoms with Gasteiger partial charge in [-0.25, -0.2) is 4.39 Å². The van der Waals surface area contributed by atoms with Crippen LogP contribution in [-0.4, -0.2) is 28.0 Å². The van der Waals surface area contributed by atoms with E-state index < -0.39 is 11.7 Å². The van der Waals surface area contributed by atoms with Gasteiger partial charge in [0.05, 0.1) is 0 Å². The van der Waals surface area contributed by atoms with Crippen LogP contribution < -0.4 is 10.1 Å². The number of halogens is 1. The molecule has 0 bridgehead atoms. The molecular formula is C13H14FN3O2S2. The monoisotopic (exact) mass is 327 g/mol. The number of thioether (sulfide) groups is 1.